The number of H-pyrrole nitrogens is 1. The molecular weight excluding hydrogens is 280 g/mol. The molecule has 1 amide bonds. The van der Waals surface area contributed by atoms with Crippen molar-refractivity contribution in [2.45, 2.75) is 6.92 Å². The number of amides is 1. The molecule has 5 nitrogen and oxygen atoms in total. The van der Waals surface area contributed by atoms with Crippen molar-refractivity contribution in [3.63, 3.8) is 0 Å². The van der Waals surface area contributed by atoms with Crippen LogP contribution in [-0.4, -0.2) is 21.8 Å². The number of aromatic amines is 1. The zero-order chi connectivity index (χ0) is 15.7. The van der Waals surface area contributed by atoms with E-state index in [1.165, 1.54) is 24.3 Å². The first-order valence-electron chi connectivity index (χ1n) is 6.78. The lowest BCUT2D eigenvalue weighted by atomic mass is 10.1. The molecule has 0 fully saturated rings. The predicted molar refractivity (Wildman–Crippen MR) is 84.1 cm³/mol. The Kier molecular flexibility index (Phi) is 3.39. The Bertz CT molecular complexity index is 863. The molecule has 0 aliphatic rings. The average molecular weight is 294 g/mol. The maximum Gasteiger partial charge on any atom is 0.296 e. The Balaban J connectivity index is 1.90. The molecule has 0 aliphatic heterocycles. The Labute approximate surface area is 126 Å². The van der Waals surface area contributed by atoms with Crippen LogP contribution in [0.1, 0.15) is 16.1 Å². The smallest absolute Gasteiger partial charge is 0.296 e. The highest BCUT2D eigenvalue weighted by Gasteiger charge is 2.22. The van der Waals surface area contributed by atoms with Crippen LogP contribution >= 0.6 is 0 Å². The van der Waals surface area contributed by atoms with Gasteiger partial charge in [-0.2, -0.15) is 0 Å². The van der Waals surface area contributed by atoms with Crippen molar-refractivity contribution in [2.24, 2.45) is 0 Å². The van der Waals surface area contributed by atoms with Gasteiger partial charge in [-0.25, -0.2) is 0 Å². The lowest BCUT2D eigenvalue weighted by molar-refractivity contribution is -0.112. The molecule has 1 heterocycles. The van der Waals surface area contributed by atoms with Gasteiger partial charge >= 0.3 is 0 Å². The second kappa shape index (κ2) is 5.37. The summed E-state index contributed by atoms with van der Waals surface area (Å²) >= 11 is 0. The maximum atomic E-state index is 12.4. The minimum atomic E-state index is -0.710. The van der Waals surface area contributed by atoms with Gasteiger partial charge in [-0.3, -0.25) is 9.59 Å². The van der Waals surface area contributed by atoms with E-state index in [0.717, 1.165) is 10.9 Å². The minimum absolute atomic E-state index is 0.0943. The predicted octanol–water partition coefficient (Wildman–Crippen LogP) is 3.00. The fourth-order valence-electron chi connectivity index (χ4n) is 2.42. The fraction of sp³-hybridized carbons (Fsp3) is 0.0588. The Hall–Kier alpha value is -3.08. The number of para-hydroxylation sites is 1. The summed E-state index contributed by atoms with van der Waals surface area (Å²) in [5.41, 5.74) is 2.31. The average Bonchev–Trinajstić information content (AvgIpc) is 2.84. The van der Waals surface area contributed by atoms with Crippen LogP contribution in [0.25, 0.3) is 10.9 Å². The van der Waals surface area contributed by atoms with E-state index in [0.29, 0.717) is 16.9 Å². The number of phenols is 1. The van der Waals surface area contributed by atoms with Gasteiger partial charge in [0.15, 0.2) is 0 Å². The van der Waals surface area contributed by atoms with Crippen LogP contribution in [0, 0.1) is 6.92 Å². The maximum absolute atomic E-state index is 12.4. The lowest BCUT2D eigenvalue weighted by Crippen LogP contribution is -2.23. The summed E-state index contributed by atoms with van der Waals surface area (Å²) in [5, 5.41) is 12.5. The zero-order valence-electron chi connectivity index (χ0n) is 11.9. The summed E-state index contributed by atoms with van der Waals surface area (Å²) in [6.07, 6.45) is 0. The van der Waals surface area contributed by atoms with Crippen LogP contribution in [0.5, 0.6) is 5.75 Å². The highest BCUT2D eigenvalue weighted by molar-refractivity contribution is 6.48. The van der Waals surface area contributed by atoms with E-state index in [1.807, 2.05) is 18.2 Å². The molecule has 22 heavy (non-hydrogen) atoms. The summed E-state index contributed by atoms with van der Waals surface area (Å²) in [7, 11) is 0. The topological polar surface area (TPSA) is 82.2 Å². The number of phenolic OH excluding ortho intramolecular Hbond substituents is 1. The van der Waals surface area contributed by atoms with Gasteiger partial charge in [0.1, 0.15) is 5.75 Å². The highest BCUT2D eigenvalue weighted by atomic mass is 16.3. The van der Waals surface area contributed by atoms with Gasteiger partial charge in [0.25, 0.3) is 11.7 Å². The molecular formula is C17H14N2O3. The van der Waals surface area contributed by atoms with E-state index in [-0.39, 0.29) is 5.75 Å². The Morgan fingerprint density at radius 1 is 1.05 bits per heavy atom. The molecule has 110 valence electrons. The number of fused-ring (bicyclic) bond motifs is 1. The number of carbonyl (C=O) groups excluding carboxylic acids is 2. The molecule has 0 spiro atoms. The van der Waals surface area contributed by atoms with Gasteiger partial charge in [-0.15, -0.1) is 0 Å². The molecule has 0 radical (unpaired) electrons. The number of carbonyl (C=O) groups is 2. The quantitative estimate of drug-likeness (QED) is 0.394. The molecule has 0 unspecified atom stereocenters. The van der Waals surface area contributed by atoms with Crippen molar-refractivity contribution in [1.29, 1.82) is 0 Å². The third kappa shape index (κ3) is 2.44. The van der Waals surface area contributed by atoms with E-state index >= 15 is 0 Å². The number of Topliss-reactive ketones (excluding diaryl/α,β-unsaturated/α-hetero) is 1. The third-order valence-corrected chi connectivity index (χ3v) is 3.45. The molecule has 0 aliphatic carbocycles. The number of ketones is 1. The second-order valence-electron chi connectivity index (χ2n) is 5.00. The van der Waals surface area contributed by atoms with Gasteiger partial charge in [0.05, 0.1) is 5.56 Å². The first kappa shape index (κ1) is 13.9. The van der Waals surface area contributed by atoms with Crippen LogP contribution in [0.2, 0.25) is 0 Å². The normalized spacial score (nSPS) is 10.6. The first-order chi connectivity index (χ1) is 10.6. The third-order valence-electron chi connectivity index (χ3n) is 3.45. The van der Waals surface area contributed by atoms with Gasteiger partial charge in [0, 0.05) is 22.3 Å². The van der Waals surface area contributed by atoms with E-state index in [9.17, 15) is 14.7 Å². The number of aryl methyl sites for hydroxylation is 1. The number of hydrogen-bond donors (Lipinski definition) is 3. The molecule has 0 bridgehead atoms. The number of hydrogen-bond acceptors (Lipinski definition) is 3. The number of nitrogens with one attached hydrogen (secondary N) is 2. The monoisotopic (exact) mass is 294 g/mol. The van der Waals surface area contributed by atoms with Crippen molar-refractivity contribution in [1.82, 2.24) is 4.98 Å². The zero-order valence-corrected chi connectivity index (χ0v) is 11.9. The number of anilines is 1. The Morgan fingerprint density at radius 2 is 1.73 bits per heavy atom. The van der Waals surface area contributed by atoms with E-state index in [1.54, 1.807) is 13.0 Å². The van der Waals surface area contributed by atoms with E-state index in [2.05, 4.69) is 10.3 Å². The second-order valence-corrected chi connectivity index (χ2v) is 5.00. The van der Waals surface area contributed by atoms with Crippen LogP contribution in [-0.2, 0) is 4.79 Å². The van der Waals surface area contributed by atoms with Crippen molar-refractivity contribution in [3.8, 4) is 5.75 Å². The van der Waals surface area contributed by atoms with E-state index < -0.39 is 11.7 Å². The molecule has 0 saturated carbocycles. The van der Waals surface area contributed by atoms with Gasteiger partial charge in [-0.05, 0) is 37.3 Å². The molecule has 0 atom stereocenters. The molecule has 5 heteroatoms. The van der Waals surface area contributed by atoms with Crippen LogP contribution < -0.4 is 5.32 Å². The number of benzene rings is 2. The highest BCUT2D eigenvalue weighted by Crippen LogP contribution is 2.23. The minimum Gasteiger partial charge on any atom is -0.508 e. The molecule has 0 saturated heterocycles. The summed E-state index contributed by atoms with van der Waals surface area (Å²) in [5.74, 6) is -1.21. The van der Waals surface area contributed by atoms with Crippen molar-refractivity contribution in [3.05, 3.63) is 59.8 Å². The number of aromatic hydroxyl groups is 1. The molecule has 3 N–H and O–H groups in total. The fourth-order valence-corrected chi connectivity index (χ4v) is 2.42. The van der Waals surface area contributed by atoms with E-state index in [4.69, 9.17) is 0 Å². The summed E-state index contributed by atoms with van der Waals surface area (Å²) < 4.78 is 0. The molecule has 3 rings (SSSR count). The SMILES string of the molecule is Cc1[nH]c2ccccc2c1C(=O)C(=O)Nc1ccc(O)cc1. The van der Waals surface area contributed by atoms with Crippen LogP contribution in [0.4, 0.5) is 5.69 Å². The van der Waals surface area contributed by atoms with Gasteiger partial charge < -0.3 is 15.4 Å². The molecule has 3 aromatic rings. The molecule has 2 aromatic carbocycles. The largest absolute Gasteiger partial charge is 0.508 e. The van der Waals surface area contributed by atoms with Crippen LogP contribution in [0.15, 0.2) is 48.5 Å². The summed E-state index contributed by atoms with van der Waals surface area (Å²) in [6, 6.07) is 13.3. The molecule has 1 aromatic heterocycles. The summed E-state index contributed by atoms with van der Waals surface area (Å²) in [6.45, 7) is 1.76. The first-order valence-corrected chi connectivity index (χ1v) is 6.78. The van der Waals surface area contributed by atoms with Crippen molar-refractivity contribution >= 4 is 28.3 Å². The summed E-state index contributed by atoms with van der Waals surface area (Å²) in [4.78, 5) is 27.7. The van der Waals surface area contributed by atoms with Gasteiger partial charge in [-0.1, -0.05) is 18.2 Å². The number of aromatic nitrogens is 1. The van der Waals surface area contributed by atoms with Crippen molar-refractivity contribution in [2.75, 3.05) is 5.32 Å². The van der Waals surface area contributed by atoms with Crippen molar-refractivity contribution < 1.29 is 14.7 Å². The Morgan fingerprint density at radius 3 is 2.45 bits per heavy atom. The van der Waals surface area contributed by atoms with Crippen LogP contribution in [0.3, 0.4) is 0 Å². The standard InChI is InChI=1S/C17H14N2O3/c1-10-15(13-4-2-3-5-14(13)18-10)16(21)17(22)19-11-6-8-12(20)9-7-11/h2-9,18,20H,1H3,(H,19,22). The lowest BCUT2D eigenvalue weighted by Gasteiger charge is -2.05. The van der Waals surface area contributed by atoms with Gasteiger partial charge in [0.2, 0.25) is 0 Å². The number of rotatable bonds is 3.